The second-order valence-corrected chi connectivity index (χ2v) is 9.40. The molecule has 4 aromatic rings. The van der Waals surface area contributed by atoms with Gasteiger partial charge in [0.15, 0.2) is 17.4 Å². The molecule has 1 aromatic heterocycles. The van der Waals surface area contributed by atoms with Gasteiger partial charge in [-0.25, -0.2) is 13.2 Å². The normalized spacial score (nSPS) is 11.8. The van der Waals surface area contributed by atoms with Crippen LogP contribution >= 0.6 is 11.6 Å². The number of rotatable bonds is 9. The summed E-state index contributed by atoms with van der Waals surface area (Å²) >= 11 is 6.24. The summed E-state index contributed by atoms with van der Waals surface area (Å²) in [6, 6.07) is 13.4. The highest BCUT2D eigenvalue weighted by atomic mass is 35.5. The monoisotopic (exact) mass is 553 g/mol. The molecule has 10 heteroatoms. The zero-order valence-corrected chi connectivity index (χ0v) is 21.6. The molecule has 2 heterocycles. The van der Waals surface area contributed by atoms with Gasteiger partial charge in [0.05, 0.1) is 17.9 Å². The highest BCUT2D eigenvalue weighted by Gasteiger charge is 2.28. The van der Waals surface area contributed by atoms with Crippen LogP contribution in [0.25, 0.3) is 17.0 Å². The van der Waals surface area contributed by atoms with Crippen molar-refractivity contribution < 1.29 is 27.4 Å². The van der Waals surface area contributed by atoms with Crippen LogP contribution in [0.5, 0.6) is 11.5 Å². The highest BCUT2D eigenvalue weighted by Crippen LogP contribution is 2.41. The average Bonchev–Trinajstić information content (AvgIpc) is 3.26. The molecule has 1 aliphatic heterocycles. The zero-order valence-electron chi connectivity index (χ0n) is 20.9. The van der Waals surface area contributed by atoms with E-state index in [0.717, 1.165) is 29.0 Å². The number of fused-ring (bicyclic) bond motifs is 3. The van der Waals surface area contributed by atoms with Crippen molar-refractivity contribution in [1.82, 2.24) is 14.7 Å². The van der Waals surface area contributed by atoms with Gasteiger partial charge in [-0.05, 0) is 36.4 Å². The molecule has 0 radical (unpaired) electrons. The highest BCUT2D eigenvalue weighted by molar-refractivity contribution is 6.31. The number of carbonyl (C=O) groups is 1. The largest absolute Gasteiger partial charge is 0.488 e. The first kappa shape index (κ1) is 26.4. The van der Waals surface area contributed by atoms with Crippen molar-refractivity contribution in [2.75, 3.05) is 13.2 Å². The summed E-state index contributed by atoms with van der Waals surface area (Å²) in [5, 5.41) is 5.23. The Labute approximate surface area is 227 Å². The van der Waals surface area contributed by atoms with E-state index in [1.807, 2.05) is 0 Å². The predicted octanol–water partition coefficient (Wildman–Crippen LogP) is 6.41. The Morgan fingerprint density at radius 3 is 2.62 bits per heavy atom. The number of ether oxygens (including phenoxy) is 2. The van der Waals surface area contributed by atoms with Gasteiger partial charge in [0.25, 0.3) is 0 Å². The van der Waals surface area contributed by atoms with Gasteiger partial charge in [0.1, 0.15) is 36.8 Å². The molecule has 0 fully saturated rings. The van der Waals surface area contributed by atoms with Gasteiger partial charge in [0, 0.05) is 40.9 Å². The smallest absolute Gasteiger partial charge is 0.190 e. The number of hydrogen-bond acceptors (Lipinski definition) is 5. The minimum Gasteiger partial charge on any atom is -0.488 e. The second-order valence-electron chi connectivity index (χ2n) is 8.97. The first-order valence-corrected chi connectivity index (χ1v) is 12.4. The van der Waals surface area contributed by atoms with Crippen molar-refractivity contribution in [1.29, 1.82) is 0 Å². The van der Waals surface area contributed by atoms with Crippen LogP contribution < -0.4 is 9.47 Å². The Kier molecular flexibility index (Phi) is 7.34. The maximum Gasteiger partial charge on any atom is 0.190 e. The lowest BCUT2D eigenvalue weighted by Crippen LogP contribution is -2.28. The molecule has 0 bridgehead atoms. The molecule has 0 unspecified atom stereocenters. The van der Waals surface area contributed by atoms with E-state index in [9.17, 15) is 18.0 Å². The fourth-order valence-electron chi connectivity index (χ4n) is 4.57. The van der Waals surface area contributed by atoms with Gasteiger partial charge < -0.3 is 14.4 Å². The zero-order chi connectivity index (χ0) is 27.7. The van der Waals surface area contributed by atoms with E-state index in [1.165, 1.54) is 6.07 Å². The van der Waals surface area contributed by atoms with Crippen molar-refractivity contribution in [2.45, 2.75) is 13.2 Å². The van der Waals surface area contributed by atoms with Crippen LogP contribution in [0.1, 0.15) is 27.2 Å². The molecule has 0 saturated carbocycles. The van der Waals surface area contributed by atoms with Gasteiger partial charge in [-0.1, -0.05) is 36.4 Å². The Bertz CT molecular complexity index is 1560. The number of aldehydes is 1. The summed E-state index contributed by atoms with van der Waals surface area (Å²) in [4.78, 5) is 12.6. The van der Waals surface area contributed by atoms with Crippen LogP contribution in [0.4, 0.5) is 13.2 Å². The summed E-state index contributed by atoms with van der Waals surface area (Å²) in [5.74, 6) is -2.33. The molecule has 39 heavy (non-hydrogen) atoms. The number of nitrogens with zero attached hydrogens (tertiary/aromatic N) is 3. The summed E-state index contributed by atoms with van der Waals surface area (Å²) in [7, 11) is 1.80. The third-order valence-corrected chi connectivity index (χ3v) is 6.69. The Balaban J connectivity index is 1.45. The van der Waals surface area contributed by atoms with Crippen LogP contribution in [0.2, 0.25) is 5.02 Å². The number of hydrogen-bond donors (Lipinski definition) is 0. The molecule has 3 aromatic carbocycles. The van der Waals surface area contributed by atoms with Crippen molar-refractivity contribution in [3.05, 3.63) is 106 Å². The Morgan fingerprint density at radius 2 is 1.90 bits per heavy atom. The van der Waals surface area contributed by atoms with Gasteiger partial charge in [-0.3, -0.25) is 9.48 Å². The Morgan fingerprint density at radius 1 is 1.15 bits per heavy atom. The van der Waals surface area contributed by atoms with E-state index in [2.05, 4.69) is 11.7 Å². The van der Waals surface area contributed by atoms with Gasteiger partial charge in [-0.15, -0.1) is 0 Å². The summed E-state index contributed by atoms with van der Waals surface area (Å²) < 4.78 is 56.4. The van der Waals surface area contributed by atoms with E-state index in [0.29, 0.717) is 34.0 Å². The molecular formula is C29H23ClF3N3O3. The average molecular weight is 554 g/mol. The van der Waals surface area contributed by atoms with Crippen LogP contribution in [0.3, 0.4) is 0 Å². The maximum atomic E-state index is 14.6. The minimum atomic E-state index is -0.996. The lowest BCUT2D eigenvalue weighted by Gasteiger charge is -2.27. The van der Waals surface area contributed by atoms with E-state index in [-0.39, 0.29) is 31.9 Å². The molecule has 0 saturated heterocycles. The molecule has 0 amide bonds. The van der Waals surface area contributed by atoms with E-state index in [4.69, 9.17) is 21.1 Å². The topological polar surface area (TPSA) is 56.6 Å². The molecule has 6 nitrogen and oxygen atoms in total. The second kappa shape index (κ2) is 10.9. The van der Waals surface area contributed by atoms with Crippen LogP contribution in [-0.2, 0) is 20.2 Å². The predicted molar refractivity (Wildman–Crippen MR) is 141 cm³/mol. The summed E-state index contributed by atoms with van der Waals surface area (Å²) in [5.41, 5.74) is 3.61. The number of aryl methyl sites for hydroxylation is 1. The number of benzene rings is 3. The fourth-order valence-corrected chi connectivity index (χ4v) is 4.74. The fraction of sp³-hybridized carbons (Fsp3) is 0.172. The van der Waals surface area contributed by atoms with E-state index >= 15 is 0 Å². The number of carbonyl (C=O) groups excluding carboxylic acids is 1. The van der Waals surface area contributed by atoms with Crippen molar-refractivity contribution >= 4 is 23.6 Å². The lowest BCUT2D eigenvalue weighted by molar-refractivity contribution is 0.112. The van der Waals surface area contributed by atoms with Crippen molar-refractivity contribution in [3.63, 3.8) is 0 Å². The van der Waals surface area contributed by atoms with Crippen molar-refractivity contribution in [2.24, 2.45) is 7.05 Å². The number of halogens is 4. The molecule has 1 aliphatic rings. The minimum absolute atomic E-state index is 0.0934. The Hall–Kier alpha value is -4.24. The standard InChI is InChI=1S/C29H23ClF3N3O3/c1-17(27-22-16-39-26-8-7-20(30)13-21(26)28(22)35(2)34-27)36(14-19-5-3-4-6-23(19)31)9-10-38-29-24(32)11-18(15-37)12-25(29)33/h3-8,11-13,15H,1,9-10,14,16H2,2H3. The van der Waals surface area contributed by atoms with Crippen LogP contribution in [0.15, 0.2) is 61.2 Å². The quantitative estimate of drug-likeness (QED) is 0.224. The molecule has 0 aliphatic carbocycles. The third-order valence-electron chi connectivity index (χ3n) is 6.45. The van der Waals surface area contributed by atoms with Gasteiger partial charge >= 0.3 is 0 Å². The number of aromatic nitrogens is 2. The van der Waals surface area contributed by atoms with E-state index < -0.39 is 23.2 Å². The third kappa shape index (κ3) is 5.22. The van der Waals surface area contributed by atoms with Crippen molar-refractivity contribution in [3.8, 4) is 22.8 Å². The van der Waals surface area contributed by atoms with Crippen LogP contribution in [-0.4, -0.2) is 34.1 Å². The first-order chi connectivity index (χ1) is 18.8. The molecular weight excluding hydrogens is 531 g/mol. The molecule has 5 rings (SSSR count). The first-order valence-electron chi connectivity index (χ1n) is 12.0. The molecule has 0 spiro atoms. The summed E-state index contributed by atoms with van der Waals surface area (Å²) in [6.45, 7) is 4.49. The molecule has 200 valence electrons. The van der Waals surface area contributed by atoms with Gasteiger partial charge in [0.2, 0.25) is 0 Å². The molecule has 0 N–H and O–H groups in total. The SMILES string of the molecule is C=C(c1nn(C)c2c1COc1ccc(Cl)cc1-2)N(CCOc1c(F)cc(C=O)cc1F)Cc1ccccc1F. The summed E-state index contributed by atoms with van der Waals surface area (Å²) in [6.07, 6.45) is 0.347. The van der Waals surface area contributed by atoms with Gasteiger partial charge in [-0.2, -0.15) is 5.10 Å². The maximum absolute atomic E-state index is 14.6. The van der Waals surface area contributed by atoms with E-state index in [1.54, 1.807) is 53.0 Å². The lowest BCUT2D eigenvalue weighted by atomic mass is 10.0. The van der Waals surface area contributed by atoms with Crippen LogP contribution in [0, 0.1) is 17.5 Å². The molecule has 0 atom stereocenters.